The average molecular weight is 307 g/mol. The van der Waals surface area contributed by atoms with E-state index < -0.39 is 5.97 Å². The summed E-state index contributed by atoms with van der Waals surface area (Å²) in [7, 11) is 0. The molecule has 0 aliphatic heterocycles. The standard InChI is InChI=1S/C12H13N5O3S/c18-11(10-15-9(16-17-10)6-1-2-6)13-4-3-8-14-7(5-21-8)12(19)20/h5-6H,1-4H2,(H,13,18)(H,19,20)(H,15,16,17). The molecular formula is C12H13N5O3S. The number of carboxylic acid groups (broad SMARTS) is 1. The number of carbonyl (C=O) groups excluding carboxylic acids is 1. The van der Waals surface area contributed by atoms with E-state index in [0.29, 0.717) is 23.9 Å². The zero-order chi connectivity index (χ0) is 14.8. The molecule has 0 unspecified atom stereocenters. The summed E-state index contributed by atoms with van der Waals surface area (Å²) in [4.78, 5) is 30.6. The molecule has 0 spiro atoms. The van der Waals surface area contributed by atoms with E-state index in [1.165, 1.54) is 16.7 Å². The Hall–Kier alpha value is -2.29. The van der Waals surface area contributed by atoms with Gasteiger partial charge in [-0.25, -0.2) is 14.8 Å². The summed E-state index contributed by atoms with van der Waals surface area (Å²) in [5.41, 5.74) is 0.0318. The lowest BCUT2D eigenvalue weighted by Crippen LogP contribution is -2.26. The topological polar surface area (TPSA) is 121 Å². The van der Waals surface area contributed by atoms with E-state index in [1.807, 2.05) is 0 Å². The second-order valence-electron chi connectivity index (χ2n) is 4.76. The maximum atomic E-state index is 11.8. The van der Waals surface area contributed by atoms with Crippen LogP contribution in [0.4, 0.5) is 0 Å². The second-order valence-corrected chi connectivity index (χ2v) is 5.70. The molecule has 2 aromatic heterocycles. The Morgan fingerprint density at radius 3 is 2.90 bits per heavy atom. The molecule has 0 aromatic carbocycles. The van der Waals surface area contributed by atoms with Gasteiger partial charge >= 0.3 is 5.97 Å². The number of amides is 1. The highest BCUT2D eigenvalue weighted by Gasteiger charge is 2.28. The van der Waals surface area contributed by atoms with Gasteiger partial charge in [0.15, 0.2) is 5.69 Å². The number of thiazole rings is 1. The van der Waals surface area contributed by atoms with Crippen LogP contribution in [-0.2, 0) is 6.42 Å². The Morgan fingerprint density at radius 1 is 1.43 bits per heavy atom. The van der Waals surface area contributed by atoms with E-state index in [9.17, 15) is 9.59 Å². The zero-order valence-corrected chi connectivity index (χ0v) is 11.8. The van der Waals surface area contributed by atoms with E-state index in [2.05, 4.69) is 25.5 Å². The molecule has 1 aliphatic carbocycles. The number of nitrogens with zero attached hydrogens (tertiary/aromatic N) is 3. The van der Waals surface area contributed by atoms with Gasteiger partial charge in [-0.05, 0) is 12.8 Å². The summed E-state index contributed by atoms with van der Waals surface area (Å²) in [6.45, 7) is 0.360. The number of hydrogen-bond donors (Lipinski definition) is 3. The van der Waals surface area contributed by atoms with E-state index in [4.69, 9.17) is 5.11 Å². The predicted molar refractivity (Wildman–Crippen MR) is 73.5 cm³/mol. The minimum Gasteiger partial charge on any atom is -0.476 e. The highest BCUT2D eigenvalue weighted by atomic mass is 32.1. The molecule has 3 rings (SSSR count). The summed E-state index contributed by atoms with van der Waals surface area (Å²) >= 11 is 1.26. The highest BCUT2D eigenvalue weighted by Crippen LogP contribution is 2.37. The molecule has 3 N–H and O–H groups in total. The smallest absolute Gasteiger partial charge is 0.355 e. The summed E-state index contributed by atoms with van der Waals surface area (Å²) in [6, 6.07) is 0. The van der Waals surface area contributed by atoms with Crippen molar-refractivity contribution in [2.24, 2.45) is 0 Å². The fourth-order valence-electron chi connectivity index (χ4n) is 1.80. The summed E-state index contributed by atoms with van der Waals surface area (Å²) in [5.74, 6) is -0.0553. The van der Waals surface area contributed by atoms with Gasteiger partial charge in [0.1, 0.15) is 5.82 Å². The Kier molecular flexibility index (Phi) is 3.65. The fourth-order valence-corrected chi connectivity index (χ4v) is 2.57. The summed E-state index contributed by atoms with van der Waals surface area (Å²) < 4.78 is 0. The van der Waals surface area contributed by atoms with Crippen LogP contribution in [0.3, 0.4) is 0 Å². The number of carbonyl (C=O) groups is 2. The van der Waals surface area contributed by atoms with Crippen LogP contribution in [0.15, 0.2) is 5.38 Å². The van der Waals surface area contributed by atoms with Crippen molar-refractivity contribution in [2.45, 2.75) is 25.2 Å². The van der Waals surface area contributed by atoms with Crippen LogP contribution < -0.4 is 5.32 Å². The maximum absolute atomic E-state index is 11.8. The lowest BCUT2D eigenvalue weighted by Gasteiger charge is -1.99. The van der Waals surface area contributed by atoms with Gasteiger partial charge in [-0.1, -0.05) is 0 Å². The molecular weight excluding hydrogens is 294 g/mol. The van der Waals surface area contributed by atoms with Crippen LogP contribution in [0, 0.1) is 0 Å². The third-order valence-electron chi connectivity index (χ3n) is 3.07. The van der Waals surface area contributed by atoms with Gasteiger partial charge in [0.25, 0.3) is 5.91 Å². The van der Waals surface area contributed by atoms with Gasteiger partial charge in [0.2, 0.25) is 5.82 Å². The largest absolute Gasteiger partial charge is 0.476 e. The minimum absolute atomic E-state index is 0.0318. The molecule has 9 heteroatoms. The van der Waals surface area contributed by atoms with Gasteiger partial charge in [0.05, 0.1) is 5.01 Å². The normalized spacial score (nSPS) is 14.1. The highest BCUT2D eigenvalue weighted by molar-refractivity contribution is 7.09. The molecule has 1 aliphatic rings. The maximum Gasteiger partial charge on any atom is 0.355 e. The number of aromatic carboxylic acids is 1. The third kappa shape index (κ3) is 3.24. The van der Waals surface area contributed by atoms with E-state index in [0.717, 1.165) is 18.7 Å². The van der Waals surface area contributed by atoms with Gasteiger partial charge in [0, 0.05) is 24.3 Å². The van der Waals surface area contributed by atoms with Crippen molar-refractivity contribution < 1.29 is 14.7 Å². The number of rotatable bonds is 6. The van der Waals surface area contributed by atoms with Crippen molar-refractivity contribution in [2.75, 3.05) is 6.54 Å². The Labute approximate surface area is 123 Å². The molecule has 0 bridgehead atoms. The third-order valence-corrected chi connectivity index (χ3v) is 3.97. The van der Waals surface area contributed by atoms with Crippen LogP contribution in [-0.4, -0.2) is 43.7 Å². The van der Waals surface area contributed by atoms with Gasteiger partial charge < -0.3 is 10.4 Å². The molecule has 1 saturated carbocycles. The van der Waals surface area contributed by atoms with Crippen molar-refractivity contribution in [1.29, 1.82) is 0 Å². The second kappa shape index (κ2) is 5.60. The fraction of sp³-hybridized carbons (Fsp3) is 0.417. The molecule has 2 heterocycles. The predicted octanol–water partition coefficient (Wildman–Crippen LogP) is 0.809. The lowest BCUT2D eigenvalue weighted by atomic mass is 10.4. The first-order valence-electron chi connectivity index (χ1n) is 6.51. The van der Waals surface area contributed by atoms with Crippen LogP contribution >= 0.6 is 11.3 Å². The Morgan fingerprint density at radius 2 is 2.24 bits per heavy atom. The molecule has 2 aromatic rings. The molecule has 0 radical (unpaired) electrons. The number of carboxylic acids is 1. The molecule has 0 saturated heterocycles. The molecule has 21 heavy (non-hydrogen) atoms. The van der Waals surface area contributed by atoms with Crippen molar-refractivity contribution in [1.82, 2.24) is 25.5 Å². The van der Waals surface area contributed by atoms with Crippen molar-refractivity contribution >= 4 is 23.2 Å². The minimum atomic E-state index is -1.05. The molecule has 8 nitrogen and oxygen atoms in total. The summed E-state index contributed by atoms with van der Waals surface area (Å²) in [6.07, 6.45) is 2.65. The number of nitrogens with one attached hydrogen (secondary N) is 2. The Bertz CT molecular complexity index is 676. The molecule has 110 valence electrons. The molecule has 1 fully saturated rings. The van der Waals surface area contributed by atoms with Crippen LogP contribution in [0.2, 0.25) is 0 Å². The monoisotopic (exact) mass is 307 g/mol. The van der Waals surface area contributed by atoms with Crippen molar-refractivity contribution in [3.63, 3.8) is 0 Å². The van der Waals surface area contributed by atoms with Gasteiger partial charge in [-0.3, -0.25) is 9.89 Å². The van der Waals surface area contributed by atoms with Gasteiger partial charge in [-0.2, -0.15) is 0 Å². The van der Waals surface area contributed by atoms with Crippen LogP contribution in [0.1, 0.15) is 50.7 Å². The number of H-pyrrole nitrogens is 1. The quantitative estimate of drug-likeness (QED) is 0.726. The summed E-state index contributed by atoms with van der Waals surface area (Å²) in [5, 5.41) is 20.3. The first-order valence-corrected chi connectivity index (χ1v) is 7.39. The van der Waals surface area contributed by atoms with Crippen molar-refractivity contribution in [3.8, 4) is 0 Å². The van der Waals surface area contributed by atoms with Crippen LogP contribution in [0.25, 0.3) is 0 Å². The van der Waals surface area contributed by atoms with Crippen molar-refractivity contribution in [3.05, 3.63) is 27.7 Å². The Balaban J connectivity index is 1.49. The number of aromatic nitrogens is 4. The zero-order valence-electron chi connectivity index (χ0n) is 11.0. The first-order chi connectivity index (χ1) is 10.1. The molecule has 0 atom stereocenters. The molecule has 1 amide bonds. The number of hydrogen-bond acceptors (Lipinski definition) is 6. The van der Waals surface area contributed by atoms with E-state index >= 15 is 0 Å². The SMILES string of the molecule is O=C(O)c1csc(CCNC(=O)c2n[nH]c(C3CC3)n2)n1. The van der Waals surface area contributed by atoms with Gasteiger partial charge in [-0.15, -0.1) is 16.4 Å². The van der Waals surface area contributed by atoms with E-state index in [-0.39, 0.29) is 17.4 Å². The van der Waals surface area contributed by atoms with Crippen LogP contribution in [0.5, 0.6) is 0 Å². The number of aromatic amines is 1. The lowest BCUT2D eigenvalue weighted by molar-refractivity contribution is 0.0690. The van der Waals surface area contributed by atoms with E-state index in [1.54, 1.807) is 0 Å². The first kappa shape index (κ1) is 13.7. The average Bonchev–Trinajstić information content (AvgIpc) is 3.01.